The highest BCUT2D eigenvalue weighted by atomic mass is 79.9. The lowest BCUT2D eigenvalue weighted by molar-refractivity contribution is -0.145. The number of aryl methyl sites for hydroxylation is 2. The van der Waals surface area contributed by atoms with Crippen molar-refractivity contribution in [3.05, 3.63) is 53.6 Å². The number of alkyl halides is 1. The number of ether oxygens (including phenoxy) is 2. The first-order valence-corrected chi connectivity index (χ1v) is 10.8. The van der Waals surface area contributed by atoms with Crippen molar-refractivity contribution < 1.29 is 19.1 Å². The number of rotatable bonds is 4. The van der Waals surface area contributed by atoms with Gasteiger partial charge < -0.3 is 14.8 Å². The Morgan fingerprint density at radius 3 is 2.52 bits per heavy atom. The molecule has 3 aliphatic rings. The first-order valence-electron chi connectivity index (χ1n) is 9.93. The van der Waals surface area contributed by atoms with Crippen molar-refractivity contribution in [2.24, 2.45) is 23.7 Å². The number of anilines is 1. The Balaban J connectivity index is 1.27. The topological polar surface area (TPSA) is 64.6 Å². The van der Waals surface area contributed by atoms with Gasteiger partial charge in [-0.3, -0.25) is 9.59 Å². The van der Waals surface area contributed by atoms with E-state index in [4.69, 9.17) is 9.47 Å². The van der Waals surface area contributed by atoms with Gasteiger partial charge >= 0.3 is 5.97 Å². The zero-order chi connectivity index (χ0) is 20.3. The van der Waals surface area contributed by atoms with Crippen molar-refractivity contribution >= 4 is 33.5 Å². The lowest BCUT2D eigenvalue weighted by atomic mass is 9.79. The number of nitrogens with one attached hydrogen (secondary N) is 1. The molecule has 1 heterocycles. The Labute approximate surface area is 177 Å². The fourth-order valence-corrected chi connectivity index (χ4v) is 6.12. The second-order valence-corrected chi connectivity index (χ2v) is 9.38. The monoisotopic (exact) mass is 455 g/mol. The summed E-state index contributed by atoms with van der Waals surface area (Å²) in [5, 5.41) is 2.98. The summed E-state index contributed by atoms with van der Waals surface area (Å²) in [6.07, 6.45) is 0.807. The van der Waals surface area contributed by atoms with Crippen LogP contribution in [0.1, 0.15) is 17.5 Å². The van der Waals surface area contributed by atoms with Crippen molar-refractivity contribution in [3.8, 4) is 11.5 Å². The molecule has 0 unspecified atom stereocenters. The maximum atomic E-state index is 13.0. The van der Waals surface area contributed by atoms with E-state index in [1.165, 1.54) is 11.1 Å². The smallest absolute Gasteiger partial charge is 0.310 e. The summed E-state index contributed by atoms with van der Waals surface area (Å²) < 4.78 is 11.4. The molecule has 2 bridgehead atoms. The molecule has 0 spiro atoms. The number of carbonyl (C=O) groups excluding carboxylic acids is 2. The standard InChI is InChI=1S/C23H22BrNO4/c1-11-3-6-15(9-12(11)2)28-14-7-4-13(5-8-14)25-22(26)18-16-10-17-19(18)23(27)29-21(17)20(16)24/h3-9,16-21H,10H2,1-2H3,(H,25,26)/t16-,17-,18-,19+,20+,21+/m1/s1. The molecule has 2 aromatic rings. The van der Waals surface area contributed by atoms with Crippen LogP contribution in [0.2, 0.25) is 0 Å². The van der Waals surface area contributed by atoms with E-state index in [2.05, 4.69) is 35.1 Å². The average molecular weight is 456 g/mol. The molecule has 1 N–H and O–H groups in total. The molecule has 6 atom stereocenters. The third kappa shape index (κ3) is 3.05. The van der Waals surface area contributed by atoms with Crippen LogP contribution in [0.15, 0.2) is 42.5 Å². The van der Waals surface area contributed by atoms with E-state index in [1.807, 2.05) is 42.5 Å². The minimum absolute atomic E-state index is 0.0663. The Bertz CT molecular complexity index is 989. The predicted molar refractivity (Wildman–Crippen MR) is 112 cm³/mol. The highest BCUT2D eigenvalue weighted by Crippen LogP contribution is 2.60. The maximum Gasteiger partial charge on any atom is 0.310 e. The Morgan fingerprint density at radius 1 is 1.07 bits per heavy atom. The second kappa shape index (κ2) is 6.87. The van der Waals surface area contributed by atoms with E-state index < -0.39 is 0 Å². The van der Waals surface area contributed by atoms with Crippen molar-refractivity contribution in [3.63, 3.8) is 0 Å². The van der Waals surface area contributed by atoms with Gasteiger partial charge in [-0.15, -0.1) is 0 Å². The molecule has 1 saturated heterocycles. The van der Waals surface area contributed by atoms with E-state index >= 15 is 0 Å². The Hall–Kier alpha value is -2.34. The normalized spacial score (nSPS) is 31.6. The molecule has 150 valence electrons. The van der Waals surface area contributed by atoms with Gasteiger partial charge in [-0.2, -0.15) is 0 Å². The summed E-state index contributed by atoms with van der Waals surface area (Å²) in [5.41, 5.74) is 3.09. The summed E-state index contributed by atoms with van der Waals surface area (Å²) >= 11 is 3.65. The van der Waals surface area contributed by atoms with Gasteiger partial charge in [0.25, 0.3) is 0 Å². The van der Waals surface area contributed by atoms with Crippen molar-refractivity contribution in [2.75, 3.05) is 5.32 Å². The van der Waals surface area contributed by atoms with Gasteiger partial charge in [-0.1, -0.05) is 22.0 Å². The van der Waals surface area contributed by atoms with Gasteiger partial charge in [0.15, 0.2) is 0 Å². The summed E-state index contributed by atoms with van der Waals surface area (Å²) in [5.74, 6) is 0.843. The summed E-state index contributed by atoms with van der Waals surface area (Å²) in [6, 6.07) is 13.3. The third-order valence-electron chi connectivity index (χ3n) is 6.66. The molecule has 1 aliphatic heterocycles. The van der Waals surface area contributed by atoms with Gasteiger partial charge in [0, 0.05) is 11.6 Å². The van der Waals surface area contributed by atoms with Crippen LogP contribution < -0.4 is 10.1 Å². The van der Waals surface area contributed by atoms with Crippen molar-refractivity contribution in [1.29, 1.82) is 0 Å². The van der Waals surface area contributed by atoms with E-state index in [-0.39, 0.29) is 46.5 Å². The van der Waals surface area contributed by atoms with Gasteiger partial charge in [-0.25, -0.2) is 0 Å². The predicted octanol–water partition coefficient (Wildman–Crippen LogP) is 4.61. The molecule has 1 amide bonds. The number of carbonyl (C=O) groups is 2. The number of hydrogen-bond donors (Lipinski definition) is 1. The number of esters is 1. The van der Waals surface area contributed by atoms with Gasteiger partial charge in [0.1, 0.15) is 17.6 Å². The minimum Gasteiger partial charge on any atom is -0.461 e. The number of fused-ring (bicyclic) bond motifs is 1. The molecule has 0 radical (unpaired) electrons. The summed E-state index contributed by atoms with van der Waals surface area (Å²) in [4.78, 5) is 25.3. The third-order valence-corrected chi connectivity index (χ3v) is 7.86. The van der Waals surface area contributed by atoms with Crippen LogP contribution >= 0.6 is 15.9 Å². The molecular weight excluding hydrogens is 434 g/mol. The van der Waals surface area contributed by atoms with Crippen LogP contribution in [0, 0.1) is 37.5 Å². The van der Waals surface area contributed by atoms with Crippen molar-refractivity contribution in [2.45, 2.75) is 31.2 Å². The highest BCUT2D eigenvalue weighted by Gasteiger charge is 2.67. The van der Waals surface area contributed by atoms with Gasteiger partial charge in [-0.05, 0) is 73.7 Å². The molecule has 6 heteroatoms. The SMILES string of the molecule is Cc1ccc(Oc2ccc(NC(=O)[C@@H]3[C@H]4C[C@H]5[C@H](OC(=O)[C@@H]53)[C@H]4Br)cc2)cc1C. The molecule has 5 rings (SSSR count). The average Bonchev–Trinajstić information content (AvgIpc) is 3.30. The lowest BCUT2D eigenvalue weighted by Crippen LogP contribution is -2.40. The van der Waals surface area contributed by atoms with Gasteiger partial charge in [0.2, 0.25) is 5.91 Å². The largest absolute Gasteiger partial charge is 0.461 e. The zero-order valence-electron chi connectivity index (χ0n) is 16.2. The first kappa shape index (κ1) is 18.7. The molecule has 29 heavy (non-hydrogen) atoms. The number of benzene rings is 2. The summed E-state index contributed by atoms with van der Waals surface area (Å²) in [7, 11) is 0. The Morgan fingerprint density at radius 2 is 1.79 bits per heavy atom. The van der Waals surface area contributed by atoms with E-state index in [9.17, 15) is 9.59 Å². The summed E-state index contributed by atoms with van der Waals surface area (Å²) in [6.45, 7) is 4.12. The van der Waals surface area contributed by atoms with E-state index in [0.29, 0.717) is 11.4 Å². The first-order chi connectivity index (χ1) is 13.9. The highest BCUT2D eigenvalue weighted by molar-refractivity contribution is 9.09. The van der Waals surface area contributed by atoms with Crippen LogP contribution in [0.5, 0.6) is 11.5 Å². The van der Waals surface area contributed by atoms with Crippen LogP contribution in [-0.4, -0.2) is 22.8 Å². The van der Waals surface area contributed by atoms with Gasteiger partial charge in [0.05, 0.1) is 16.7 Å². The van der Waals surface area contributed by atoms with Crippen LogP contribution in [-0.2, 0) is 14.3 Å². The zero-order valence-corrected chi connectivity index (χ0v) is 17.8. The van der Waals surface area contributed by atoms with E-state index in [1.54, 1.807) is 0 Å². The fraction of sp³-hybridized carbons (Fsp3) is 0.391. The molecule has 2 saturated carbocycles. The van der Waals surface area contributed by atoms with Crippen LogP contribution in [0.4, 0.5) is 5.69 Å². The quantitative estimate of drug-likeness (QED) is 0.540. The lowest BCUT2D eigenvalue weighted by Gasteiger charge is -2.27. The molecule has 2 aromatic carbocycles. The molecule has 3 fully saturated rings. The molecule has 2 aliphatic carbocycles. The number of hydrogen-bond acceptors (Lipinski definition) is 4. The molecule has 0 aromatic heterocycles. The number of halogens is 1. The van der Waals surface area contributed by atoms with E-state index in [0.717, 1.165) is 12.2 Å². The molecular formula is C23H22BrNO4. The van der Waals surface area contributed by atoms with Crippen LogP contribution in [0.25, 0.3) is 0 Å². The second-order valence-electron chi connectivity index (χ2n) is 8.32. The van der Waals surface area contributed by atoms with Crippen molar-refractivity contribution in [1.82, 2.24) is 0 Å². The minimum atomic E-state index is -0.331. The Kier molecular flexibility index (Phi) is 4.42. The molecule has 5 nitrogen and oxygen atoms in total. The maximum absolute atomic E-state index is 13.0. The van der Waals surface area contributed by atoms with Crippen LogP contribution in [0.3, 0.4) is 0 Å². The number of amides is 1. The fourth-order valence-electron chi connectivity index (χ4n) is 5.08.